The quantitative estimate of drug-likeness (QED) is 0.0580. The molecule has 0 aromatic heterocycles. The maximum atomic E-state index is 14.3. The molecule has 5 aliphatic rings. The Bertz CT molecular complexity index is 2360. The molecule has 9 heteroatoms. The summed E-state index contributed by atoms with van der Waals surface area (Å²) in [6, 6.07) is 34.6. The van der Waals surface area contributed by atoms with E-state index >= 15 is 0 Å². The Hall–Kier alpha value is -5.28. The normalized spacial score (nSPS) is 32.3. The zero-order valence-electron chi connectivity index (χ0n) is 41.6. The first kappa shape index (κ1) is 49.7. The SMILES string of the molecule is CCCCCCCC[C@H]1CC[C@H]2[C@@H]3CC[C@H]4C[C@@H](C5O[C@H](COC(=O)c6ccccc6)[C@H](OC(=O)c6ccccc6)[C@H](OC(=O)c6ccccc6)[C@H]5OC(=O)c5ccccc5)CC[C@]4(C)[C@H]3CC[C@]12C. The van der Waals surface area contributed by atoms with Gasteiger partial charge in [-0.15, -0.1) is 0 Å². The second-order valence-electron chi connectivity index (χ2n) is 21.9. The molecule has 0 amide bonds. The molecule has 1 saturated heterocycles. The number of fused-ring (bicyclic) bond motifs is 5. The fraction of sp³-hybridized carbons (Fsp3) is 0.541. The van der Waals surface area contributed by atoms with Gasteiger partial charge in [-0.3, -0.25) is 0 Å². The summed E-state index contributed by atoms with van der Waals surface area (Å²) >= 11 is 0. The van der Waals surface area contributed by atoms with Gasteiger partial charge in [0.1, 0.15) is 18.8 Å². The minimum Gasteiger partial charge on any atom is -0.459 e. The van der Waals surface area contributed by atoms with Crippen molar-refractivity contribution >= 4 is 23.9 Å². The smallest absolute Gasteiger partial charge is 0.338 e. The van der Waals surface area contributed by atoms with Crippen molar-refractivity contribution in [1.29, 1.82) is 0 Å². The van der Waals surface area contributed by atoms with Gasteiger partial charge in [0.25, 0.3) is 0 Å². The number of unbranched alkanes of at least 4 members (excludes halogenated alkanes) is 5. The summed E-state index contributed by atoms with van der Waals surface area (Å²) in [7, 11) is 0. The van der Waals surface area contributed by atoms with Gasteiger partial charge in [0, 0.05) is 0 Å². The fourth-order valence-corrected chi connectivity index (χ4v) is 14.3. The molecule has 70 heavy (non-hydrogen) atoms. The zero-order valence-corrected chi connectivity index (χ0v) is 41.6. The minimum atomic E-state index is -1.34. The number of rotatable bonds is 17. The monoisotopic (exact) mass is 951 g/mol. The first-order chi connectivity index (χ1) is 34.1. The molecule has 372 valence electrons. The number of hydrogen-bond donors (Lipinski definition) is 0. The predicted octanol–water partition coefficient (Wildman–Crippen LogP) is 13.3. The molecule has 4 aromatic rings. The van der Waals surface area contributed by atoms with Crippen LogP contribution < -0.4 is 0 Å². The van der Waals surface area contributed by atoms with Crippen molar-refractivity contribution in [3.63, 3.8) is 0 Å². The van der Waals surface area contributed by atoms with Crippen LogP contribution in [0.25, 0.3) is 0 Å². The van der Waals surface area contributed by atoms with E-state index in [9.17, 15) is 19.2 Å². The molecule has 0 radical (unpaired) electrons. The van der Waals surface area contributed by atoms with Gasteiger partial charge in [-0.25, -0.2) is 19.2 Å². The van der Waals surface area contributed by atoms with Crippen LogP contribution in [0.2, 0.25) is 0 Å². The van der Waals surface area contributed by atoms with Gasteiger partial charge in [-0.05, 0) is 159 Å². The maximum Gasteiger partial charge on any atom is 0.338 e. The zero-order chi connectivity index (χ0) is 48.7. The first-order valence-corrected chi connectivity index (χ1v) is 26.7. The van der Waals surface area contributed by atoms with Crippen LogP contribution in [-0.4, -0.2) is 61.0 Å². The molecule has 5 fully saturated rings. The highest BCUT2D eigenvalue weighted by molar-refractivity contribution is 5.91. The highest BCUT2D eigenvalue weighted by Crippen LogP contribution is 2.68. The van der Waals surface area contributed by atoms with Crippen LogP contribution in [0.1, 0.15) is 165 Å². The third-order valence-corrected chi connectivity index (χ3v) is 18.1. The molecule has 4 saturated carbocycles. The van der Waals surface area contributed by atoms with E-state index in [2.05, 4.69) is 20.8 Å². The molecular weight excluding hydrogens is 877 g/mol. The summed E-state index contributed by atoms with van der Waals surface area (Å²) in [5, 5.41) is 0. The van der Waals surface area contributed by atoms with Crippen molar-refractivity contribution in [3.8, 4) is 0 Å². The van der Waals surface area contributed by atoms with E-state index in [0.717, 1.165) is 43.4 Å². The van der Waals surface area contributed by atoms with Gasteiger partial charge >= 0.3 is 23.9 Å². The molecule has 9 rings (SSSR count). The van der Waals surface area contributed by atoms with Crippen LogP contribution in [0.15, 0.2) is 121 Å². The summed E-state index contributed by atoms with van der Waals surface area (Å²) in [4.78, 5) is 56.4. The van der Waals surface area contributed by atoms with Gasteiger partial charge in [0.05, 0.1) is 22.3 Å². The largest absolute Gasteiger partial charge is 0.459 e. The van der Waals surface area contributed by atoms with Crippen molar-refractivity contribution in [2.75, 3.05) is 6.61 Å². The second-order valence-corrected chi connectivity index (χ2v) is 21.9. The maximum absolute atomic E-state index is 14.3. The number of carbonyl (C=O) groups excluding carboxylic acids is 4. The van der Waals surface area contributed by atoms with Gasteiger partial charge in [-0.1, -0.05) is 132 Å². The summed E-state index contributed by atoms with van der Waals surface area (Å²) in [6.07, 6.45) is 14.1. The molecule has 4 aliphatic carbocycles. The van der Waals surface area contributed by atoms with Crippen molar-refractivity contribution < 1.29 is 42.9 Å². The molecular formula is C61H74O9. The molecule has 9 nitrogen and oxygen atoms in total. The summed E-state index contributed by atoms with van der Waals surface area (Å²) in [5.41, 5.74) is 1.82. The van der Waals surface area contributed by atoms with Gasteiger partial charge in [-0.2, -0.15) is 0 Å². The topological polar surface area (TPSA) is 114 Å². The van der Waals surface area contributed by atoms with E-state index in [4.69, 9.17) is 23.7 Å². The highest BCUT2D eigenvalue weighted by Gasteiger charge is 2.62. The standard InChI is InChI=1S/C61H74O9/c1-4-5-6-7-8-21-30-46-32-34-49-48-33-31-47-39-45(35-37-61(47,3)50(48)36-38-60(46,49)2)52-54(69-58(64)43-26-17-11-18-27-43)55(70-59(65)44-28-19-12-20-29-44)53(68-57(63)42-24-15-10-16-25-42)51(67-52)40-66-56(62)41-22-13-9-14-23-41/h9-20,22-29,45-55H,4-8,21,30-40H2,1-3H3/t45-,46-,47-,48-,49-,50-,51+,52?,53-,54-,55-,60+,61-/m0/s1. The van der Waals surface area contributed by atoms with Crippen molar-refractivity contribution in [2.45, 2.75) is 154 Å². The Labute approximate surface area is 415 Å². The number of carbonyl (C=O) groups is 4. The summed E-state index contributed by atoms with van der Waals surface area (Å²) in [6.45, 7) is 7.21. The van der Waals surface area contributed by atoms with E-state index in [1.54, 1.807) is 103 Å². The van der Waals surface area contributed by atoms with Crippen LogP contribution in [0.4, 0.5) is 0 Å². The lowest BCUT2D eigenvalue weighted by atomic mass is 9.44. The van der Waals surface area contributed by atoms with Crippen molar-refractivity contribution in [1.82, 2.24) is 0 Å². The summed E-state index contributed by atoms with van der Waals surface area (Å²) in [5.74, 6) is 0.772. The molecule has 1 heterocycles. The van der Waals surface area contributed by atoms with Crippen molar-refractivity contribution in [3.05, 3.63) is 144 Å². The fourth-order valence-electron chi connectivity index (χ4n) is 14.3. The number of esters is 4. The molecule has 4 aromatic carbocycles. The van der Waals surface area contributed by atoms with Crippen molar-refractivity contribution in [2.24, 2.45) is 46.3 Å². The number of ether oxygens (including phenoxy) is 5. The Kier molecular flexibility index (Phi) is 15.9. The summed E-state index contributed by atoms with van der Waals surface area (Å²) < 4.78 is 32.6. The minimum absolute atomic E-state index is 0.110. The molecule has 1 unspecified atom stereocenters. The van der Waals surface area contributed by atoms with Crippen LogP contribution >= 0.6 is 0 Å². The van der Waals surface area contributed by atoms with E-state index < -0.39 is 54.4 Å². The Morgan fingerprint density at radius 2 is 1.03 bits per heavy atom. The van der Waals surface area contributed by atoms with Gasteiger partial charge in [0.15, 0.2) is 18.3 Å². The van der Waals surface area contributed by atoms with Crippen LogP contribution in [0, 0.1) is 46.3 Å². The second kappa shape index (κ2) is 22.4. The van der Waals surface area contributed by atoms with E-state index in [1.807, 2.05) is 18.2 Å². The lowest BCUT2D eigenvalue weighted by Gasteiger charge is -2.62. The van der Waals surface area contributed by atoms with Crippen LogP contribution in [-0.2, 0) is 23.7 Å². The molecule has 1 aliphatic heterocycles. The number of benzene rings is 4. The predicted molar refractivity (Wildman–Crippen MR) is 269 cm³/mol. The average molecular weight is 951 g/mol. The van der Waals surface area contributed by atoms with E-state index in [-0.39, 0.29) is 29.1 Å². The Morgan fingerprint density at radius 3 is 1.61 bits per heavy atom. The van der Waals surface area contributed by atoms with Gasteiger partial charge in [0.2, 0.25) is 0 Å². The Morgan fingerprint density at radius 1 is 0.529 bits per heavy atom. The van der Waals surface area contributed by atoms with Crippen LogP contribution in [0.5, 0.6) is 0 Å². The average Bonchev–Trinajstić information content (AvgIpc) is 3.74. The lowest BCUT2D eigenvalue weighted by molar-refractivity contribution is -0.247. The molecule has 0 spiro atoms. The third kappa shape index (κ3) is 10.7. The Balaban J connectivity index is 1.02. The van der Waals surface area contributed by atoms with E-state index in [1.165, 1.54) is 77.0 Å². The van der Waals surface area contributed by atoms with Gasteiger partial charge < -0.3 is 23.7 Å². The van der Waals surface area contributed by atoms with E-state index in [0.29, 0.717) is 28.4 Å². The first-order valence-electron chi connectivity index (χ1n) is 26.7. The molecule has 0 N–H and O–H groups in total. The molecule has 13 atom stereocenters. The third-order valence-electron chi connectivity index (χ3n) is 18.1. The highest BCUT2D eigenvalue weighted by atomic mass is 16.7. The molecule has 0 bridgehead atoms. The number of hydrogen-bond acceptors (Lipinski definition) is 9. The lowest BCUT2D eigenvalue weighted by Crippen LogP contribution is -2.65. The van der Waals surface area contributed by atoms with Crippen LogP contribution in [0.3, 0.4) is 0 Å².